The van der Waals surface area contributed by atoms with E-state index >= 15 is 0 Å². The van der Waals surface area contributed by atoms with Crippen LogP contribution in [0.3, 0.4) is 0 Å². The van der Waals surface area contributed by atoms with Gasteiger partial charge in [-0.25, -0.2) is 0 Å². The van der Waals surface area contributed by atoms with Crippen molar-refractivity contribution in [3.05, 3.63) is 35.9 Å². The average Bonchev–Trinajstić information content (AvgIpc) is 2.89. The van der Waals surface area contributed by atoms with Crippen molar-refractivity contribution >= 4 is 38.9 Å². The van der Waals surface area contributed by atoms with E-state index in [4.69, 9.17) is 28.4 Å². The maximum Gasteiger partial charge on any atom is 0.307 e. The fourth-order valence-electron chi connectivity index (χ4n) is 3.51. The Kier molecular flexibility index (Phi) is 10.0. The summed E-state index contributed by atoms with van der Waals surface area (Å²) >= 11 is 0. The zero-order valence-corrected chi connectivity index (χ0v) is 21.2. The monoisotopic (exact) mass is 508 g/mol. The molecule has 1 aromatic carbocycles. The van der Waals surface area contributed by atoms with Gasteiger partial charge in [-0.15, -0.1) is 0 Å². The second kappa shape index (κ2) is 13.0. The fourth-order valence-corrected chi connectivity index (χ4v) is 4.46. The number of ether oxygens (including phenoxy) is 6. The van der Waals surface area contributed by atoms with E-state index in [0.29, 0.717) is 16.5 Å². The third kappa shape index (κ3) is 7.00. The zero-order valence-electron chi connectivity index (χ0n) is 20.4. The van der Waals surface area contributed by atoms with Gasteiger partial charge in [-0.3, -0.25) is 14.4 Å². The first kappa shape index (κ1) is 27.1. The Morgan fingerprint density at radius 2 is 1.46 bits per heavy atom. The molecule has 3 rings (SSSR count). The molecule has 0 spiro atoms. The first-order valence-corrected chi connectivity index (χ1v) is 12.7. The summed E-state index contributed by atoms with van der Waals surface area (Å²) in [6, 6.07) is 9.62. The SMILES string of the molecule is CCC(=O)O[C@@H]1O[C@@H]2C(OCc3ccccc3)=S=C(CC)O[C@H]2[C@H](OC(=O)CC)[C@H]1OC(=O)CC. The van der Waals surface area contributed by atoms with E-state index in [1.54, 1.807) is 20.8 Å². The second-order valence-electron chi connectivity index (χ2n) is 7.89. The molecule has 0 aromatic heterocycles. The third-order valence-corrected chi connectivity index (χ3v) is 6.53. The maximum atomic E-state index is 12.4. The van der Waals surface area contributed by atoms with Crippen LogP contribution in [0.25, 0.3) is 0 Å². The quantitative estimate of drug-likeness (QED) is 0.282. The molecule has 192 valence electrons. The number of carbonyl (C=O) groups excluding carboxylic acids is 3. The van der Waals surface area contributed by atoms with Crippen LogP contribution in [0, 0.1) is 0 Å². The van der Waals surface area contributed by atoms with Crippen molar-refractivity contribution in [3.8, 4) is 0 Å². The Hall–Kier alpha value is -2.53. The van der Waals surface area contributed by atoms with E-state index in [2.05, 4.69) is 0 Å². The van der Waals surface area contributed by atoms with Gasteiger partial charge in [-0.2, -0.15) is 0 Å². The second-order valence-corrected chi connectivity index (χ2v) is 8.95. The van der Waals surface area contributed by atoms with Crippen molar-refractivity contribution < 1.29 is 42.8 Å². The summed E-state index contributed by atoms with van der Waals surface area (Å²) in [7, 11) is 1.28. The van der Waals surface area contributed by atoms with Crippen molar-refractivity contribution in [1.29, 1.82) is 0 Å². The molecule has 2 aliphatic heterocycles. The summed E-state index contributed by atoms with van der Waals surface area (Å²) in [6.45, 7) is 7.13. The van der Waals surface area contributed by atoms with Crippen molar-refractivity contribution in [3.63, 3.8) is 0 Å². The lowest BCUT2D eigenvalue weighted by molar-refractivity contribution is -0.282. The van der Waals surface area contributed by atoms with E-state index in [1.165, 1.54) is 10.9 Å². The standard InChI is InChI=1S/C25H32O9S/c1-5-16(26)30-20-21-23(34-24(32-18(28)7-3)22(20)31-17(27)6-2)25(35-19(8-4)33-21)29-14-15-12-10-9-11-13-15/h9-13,20-24H,5-8,14H2,1-4H3/t20-,21-,22+,23-,24+/m0/s1. The molecule has 9 nitrogen and oxygen atoms in total. The average molecular weight is 509 g/mol. The van der Waals surface area contributed by atoms with Gasteiger partial charge in [0.2, 0.25) is 12.4 Å². The van der Waals surface area contributed by atoms with E-state index in [0.717, 1.165) is 5.56 Å². The first-order valence-electron chi connectivity index (χ1n) is 11.9. The molecule has 0 unspecified atom stereocenters. The molecular formula is C25H32O9S. The molecule has 1 aromatic rings. The zero-order chi connectivity index (χ0) is 25.4. The molecule has 0 radical (unpaired) electrons. The van der Waals surface area contributed by atoms with Crippen LogP contribution in [0.4, 0.5) is 0 Å². The number of benzene rings is 1. The van der Waals surface area contributed by atoms with E-state index in [-0.39, 0.29) is 25.9 Å². The molecular weight excluding hydrogens is 476 g/mol. The molecule has 0 amide bonds. The summed E-state index contributed by atoms with van der Waals surface area (Å²) in [6.07, 6.45) is -4.47. The van der Waals surface area contributed by atoms with Crippen molar-refractivity contribution in [2.24, 2.45) is 0 Å². The van der Waals surface area contributed by atoms with Crippen molar-refractivity contribution in [2.75, 3.05) is 0 Å². The molecule has 2 aliphatic rings. The number of esters is 3. The molecule has 0 N–H and O–H groups in total. The fraction of sp³-hybridized carbons (Fsp3) is 0.560. The molecule has 1 fully saturated rings. The van der Waals surface area contributed by atoms with E-state index < -0.39 is 48.6 Å². The molecule has 35 heavy (non-hydrogen) atoms. The van der Waals surface area contributed by atoms with Crippen LogP contribution in [-0.2, 0) is 49.4 Å². The summed E-state index contributed by atoms with van der Waals surface area (Å²) in [4.78, 5) is 36.8. The lowest BCUT2D eigenvalue weighted by atomic mass is 9.97. The van der Waals surface area contributed by atoms with Gasteiger partial charge in [0.05, 0.1) is 6.61 Å². The molecule has 0 bridgehead atoms. The lowest BCUT2D eigenvalue weighted by Crippen LogP contribution is -2.64. The van der Waals surface area contributed by atoms with Crippen LogP contribution < -0.4 is 0 Å². The van der Waals surface area contributed by atoms with Crippen LogP contribution in [0.2, 0.25) is 0 Å². The molecule has 0 aliphatic carbocycles. The number of hydrogen-bond acceptors (Lipinski definition) is 9. The van der Waals surface area contributed by atoms with Gasteiger partial charge < -0.3 is 28.4 Å². The van der Waals surface area contributed by atoms with Gasteiger partial charge in [0.15, 0.2) is 6.10 Å². The predicted octanol–water partition coefficient (Wildman–Crippen LogP) is 3.33. The summed E-state index contributed by atoms with van der Waals surface area (Å²) in [5.41, 5.74) is 0.954. The minimum atomic E-state index is -1.31. The molecule has 2 heterocycles. The van der Waals surface area contributed by atoms with Gasteiger partial charge in [-0.05, 0) is 5.56 Å². The van der Waals surface area contributed by atoms with Crippen molar-refractivity contribution in [2.45, 2.75) is 90.7 Å². The van der Waals surface area contributed by atoms with Crippen LogP contribution in [0.1, 0.15) is 58.9 Å². The van der Waals surface area contributed by atoms with Gasteiger partial charge in [-0.1, -0.05) is 69.0 Å². The third-order valence-electron chi connectivity index (χ3n) is 5.37. The molecule has 5 atom stereocenters. The Morgan fingerprint density at radius 3 is 2.06 bits per heavy atom. The Labute approximate surface area is 208 Å². The Bertz CT molecular complexity index is 970. The van der Waals surface area contributed by atoms with Gasteiger partial charge in [0.25, 0.3) is 0 Å². The first-order chi connectivity index (χ1) is 16.9. The van der Waals surface area contributed by atoms with E-state index in [1.807, 2.05) is 37.3 Å². The highest BCUT2D eigenvalue weighted by molar-refractivity contribution is 7.97. The predicted molar refractivity (Wildman–Crippen MR) is 129 cm³/mol. The van der Waals surface area contributed by atoms with Crippen molar-refractivity contribution in [1.82, 2.24) is 0 Å². The minimum absolute atomic E-state index is 0.0775. The maximum absolute atomic E-state index is 12.4. The molecule has 1 saturated heterocycles. The van der Waals surface area contributed by atoms with Crippen LogP contribution in [0.5, 0.6) is 0 Å². The number of hydrogen-bond donors (Lipinski definition) is 0. The van der Waals surface area contributed by atoms with Crippen LogP contribution in [0.15, 0.2) is 30.3 Å². The smallest absolute Gasteiger partial charge is 0.307 e. The molecule has 0 saturated carbocycles. The Balaban J connectivity index is 1.98. The lowest BCUT2D eigenvalue weighted by Gasteiger charge is -2.45. The Morgan fingerprint density at radius 1 is 0.857 bits per heavy atom. The molecule has 10 heteroatoms. The highest BCUT2D eigenvalue weighted by Gasteiger charge is 2.55. The van der Waals surface area contributed by atoms with Crippen LogP contribution in [-0.4, -0.2) is 58.7 Å². The van der Waals surface area contributed by atoms with Gasteiger partial charge in [0, 0.05) is 25.7 Å². The summed E-state index contributed by atoms with van der Waals surface area (Å²) < 4.78 is 35.2. The number of rotatable bonds is 9. The van der Waals surface area contributed by atoms with Gasteiger partial charge >= 0.3 is 17.9 Å². The largest absolute Gasteiger partial charge is 0.455 e. The minimum Gasteiger partial charge on any atom is -0.455 e. The summed E-state index contributed by atoms with van der Waals surface area (Å²) in [5.74, 6) is -1.62. The summed E-state index contributed by atoms with van der Waals surface area (Å²) in [5, 5.41) is 1.12. The number of fused-ring (bicyclic) bond motifs is 1. The number of carbonyl (C=O) groups is 3. The van der Waals surface area contributed by atoms with Crippen LogP contribution >= 0.6 is 10.9 Å². The van der Waals surface area contributed by atoms with E-state index in [9.17, 15) is 14.4 Å². The highest BCUT2D eigenvalue weighted by atomic mass is 32.1. The van der Waals surface area contributed by atoms with Gasteiger partial charge in [0.1, 0.15) is 22.3 Å². The normalized spacial score (nSPS) is 25.8. The topological polar surface area (TPSA) is 107 Å². The highest BCUT2D eigenvalue weighted by Crippen LogP contribution is 2.33.